The third-order valence-electron chi connectivity index (χ3n) is 9.92. The van der Waals surface area contributed by atoms with E-state index in [2.05, 4.69) is 6.92 Å². The van der Waals surface area contributed by atoms with Crippen molar-refractivity contribution >= 4 is 0 Å². The molecule has 0 aromatic heterocycles. The van der Waals surface area contributed by atoms with Crippen LogP contribution in [0.1, 0.15) is 72.1 Å². The zero-order chi connectivity index (χ0) is 37.9. The van der Waals surface area contributed by atoms with Gasteiger partial charge in [-0.05, 0) is 46.4 Å². The van der Waals surface area contributed by atoms with E-state index in [-0.39, 0.29) is 6.61 Å². The van der Waals surface area contributed by atoms with E-state index in [1.54, 1.807) is 12.1 Å². The maximum atomic E-state index is 12.8. The Labute approximate surface area is 323 Å². The summed E-state index contributed by atoms with van der Waals surface area (Å²) in [6.45, 7) is 3.37. The van der Waals surface area contributed by atoms with Crippen molar-refractivity contribution in [2.75, 3.05) is 0 Å². The van der Waals surface area contributed by atoms with Crippen LogP contribution in [0, 0.1) is 0 Å². The van der Waals surface area contributed by atoms with Crippen LogP contribution in [0.15, 0.2) is 152 Å². The predicted molar refractivity (Wildman–Crippen MR) is 213 cm³/mol. The second-order valence-electron chi connectivity index (χ2n) is 14.0. The number of benzene rings is 6. The van der Waals surface area contributed by atoms with Crippen LogP contribution in [0.2, 0.25) is 0 Å². The first-order valence-corrected chi connectivity index (χ1v) is 19.1. The summed E-state index contributed by atoms with van der Waals surface area (Å²) in [4.78, 5) is 0. The summed E-state index contributed by atoms with van der Waals surface area (Å²) >= 11 is 0. The summed E-state index contributed by atoms with van der Waals surface area (Å²) in [6, 6.07) is 48.8. The van der Waals surface area contributed by atoms with E-state index < -0.39 is 17.8 Å². The second-order valence-corrected chi connectivity index (χ2v) is 14.0. The van der Waals surface area contributed by atoms with Gasteiger partial charge in [0, 0.05) is 12.1 Å². The van der Waals surface area contributed by atoms with Crippen LogP contribution in [0.25, 0.3) is 0 Å². The molecule has 3 unspecified atom stereocenters. The number of ether oxygens (including phenoxy) is 5. The van der Waals surface area contributed by atoms with Crippen LogP contribution in [-0.4, -0.2) is 16.3 Å². The van der Waals surface area contributed by atoms with Crippen LogP contribution in [-0.2, 0) is 32.0 Å². The topological polar surface area (TPSA) is 86.6 Å². The minimum Gasteiger partial charge on any atom is -0.489 e. The molecule has 0 bridgehead atoms. The molecule has 0 aliphatic carbocycles. The van der Waals surface area contributed by atoms with Crippen molar-refractivity contribution in [3.05, 3.63) is 185 Å². The van der Waals surface area contributed by atoms with Gasteiger partial charge < -0.3 is 33.9 Å². The highest BCUT2D eigenvalue weighted by Gasteiger charge is 2.51. The molecule has 282 valence electrons. The van der Waals surface area contributed by atoms with Crippen molar-refractivity contribution in [1.29, 1.82) is 0 Å². The molecule has 7 rings (SSSR count). The lowest BCUT2D eigenvalue weighted by molar-refractivity contribution is -0.148. The molecule has 7 heteroatoms. The molecule has 0 saturated heterocycles. The highest BCUT2D eigenvalue weighted by molar-refractivity contribution is 5.57. The van der Waals surface area contributed by atoms with E-state index in [9.17, 15) is 10.2 Å². The summed E-state index contributed by atoms with van der Waals surface area (Å²) in [5.41, 5.74) is 3.34. The Morgan fingerprint density at radius 1 is 0.545 bits per heavy atom. The van der Waals surface area contributed by atoms with Gasteiger partial charge in [0.05, 0.1) is 5.56 Å². The van der Waals surface area contributed by atoms with Crippen molar-refractivity contribution < 1.29 is 33.9 Å². The van der Waals surface area contributed by atoms with Crippen molar-refractivity contribution in [1.82, 2.24) is 0 Å². The van der Waals surface area contributed by atoms with Crippen molar-refractivity contribution in [2.45, 2.75) is 76.8 Å². The minimum atomic E-state index is -1.70. The highest BCUT2D eigenvalue weighted by Crippen LogP contribution is 2.53. The van der Waals surface area contributed by atoms with Gasteiger partial charge >= 0.3 is 0 Å². The molecule has 7 nitrogen and oxygen atoms in total. The van der Waals surface area contributed by atoms with E-state index in [1.165, 1.54) is 0 Å². The molecular formula is C48H48O7. The molecule has 0 saturated carbocycles. The van der Waals surface area contributed by atoms with Crippen LogP contribution in [0.4, 0.5) is 0 Å². The Bertz CT molecular complexity index is 2090. The fraction of sp³-hybridized carbons (Fsp3) is 0.250. The Morgan fingerprint density at radius 3 is 1.56 bits per heavy atom. The number of fused-ring (bicyclic) bond motifs is 1. The van der Waals surface area contributed by atoms with Crippen LogP contribution >= 0.6 is 0 Å². The lowest BCUT2D eigenvalue weighted by Crippen LogP contribution is -2.48. The number of aliphatic hydroxyl groups excluding tert-OH is 1. The average molecular weight is 737 g/mol. The monoisotopic (exact) mass is 736 g/mol. The molecule has 0 amide bonds. The Hall–Kier alpha value is -5.76. The lowest BCUT2D eigenvalue weighted by atomic mass is 9.77. The SMILES string of the molecule is CCCCCC1(O)c2c(OCc3ccccc3)cc(OCc3ccccc3)cc2OC(c2ccc(OCc3ccccc3)c(OCc3ccccc3)c2)C1O. The molecule has 6 aromatic carbocycles. The van der Waals surface area contributed by atoms with Crippen LogP contribution < -0.4 is 23.7 Å². The van der Waals surface area contributed by atoms with E-state index >= 15 is 0 Å². The van der Waals surface area contributed by atoms with E-state index in [4.69, 9.17) is 23.7 Å². The van der Waals surface area contributed by atoms with Gasteiger partial charge in [-0.2, -0.15) is 0 Å². The van der Waals surface area contributed by atoms with Crippen LogP contribution in [0.5, 0.6) is 28.7 Å². The van der Waals surface area contributed by atoms with Gasteiger partial charge in [0.25, 0.3) is 0 Å². The molecule has 2 N–H and O–H groups in total. The fourth-order valence-electron chi connectivity index (χ4n) is 6.93. The molecule has 1 aliphatic rings. The first kappa shape index (κ1) is 37.6. The summed E-state index contributed by atoms with van der Waals surface area (Å²) in [6.07, 6.45) is 0.543. The summed E-state index contributed by atoms with van der Waals surface area (Å²) < 4.78 is 32.2. The zero-order valence-corrected chi connectivity index (χ0v) is 31.2. The number of hydrogen-bond donors (Lipinski definition) is 2. The summed E-state index contributed by atoms with van der Waals surface area (Å²) in [5.74, 6) is 2.37. The number of rotatable bonds is 17. The Morgan fingerprint density at radius 2 is 1.04 bits per heavy atom. The summed E-state index contributed by atoms with van der Waals surface area (Å²) in [7, 11) is 0. The molecule has 6 aromatic rings. The smallest absolute Gasteiger partial charge is 0.162 e. The van der Waals surface area contributed by atoms with E-state index in [1.807, 2.05) is 140 Å². The molecular weight excluding hydrogens is 689 g/mol. The van der Waals surface area contributed by atoms with Gasteiger partial charge in [-0.3, -0.25) is 0 Å². The molecule has 1 aliphatic heterocycles. The number of aliphatic hydroxyl groups is 2. The zero-order valence-electron chi connectivity index (χ0n) is 31.2. The molecule has 3 atom stereocenters. The van der Waals surface area contributed by atoms with E-state index in [0.717, 1.165) is 35.1 Å². The second kappa shape index (κ2) is 18.0. The minimum absolute atomic E-state index is 0.256. The van der Waals surface area contributed by atoms with Gasteiger partial charge in [-0.15, -0.1) is 0 Å². The van der Waals surface area contributed by atoms with Gasteiger partial charge in [0.1, 0.15) is 55.4 Å². The Kier molecular flexibility index (Phi) is 12.3. The average Bonchev–Trinajstić information content (AvgIpc) is 3.23. The molecule has 0 radical (unpaired) electrons. The normalized spacial score (nSPS) is 17.4. The van der Waals surface area contributed by atoms with Gasteiger partial charge in [-0.1, -0.05) is 154 Å². The summed E-state index contributed by atoms with van der Waals surface area (Å²) in [5, 5.41) is 25.1. The van der Waals surface area contributed by atoms with Gasteiger partial charge in [-0.25, -0.2) is 0 Å². The molecule has 0 fully saturated rings. The first-order chi connectivity index (χ1) is 27.0. The molecule has 55 heavy (non-hydrogen) atoms. The van der Waals surface area contributed by atoms with Crippen molar-refractivity contribution in [2.24, 2.45) is 0 Å². The molecule has 0 spiro atoms. The van der Waals surface area contributed by atoms with E-state index in [0.29, 0.717) is 72.5 Å². The first-order valence-electron chi connectivity index (χ1n) is 19.1. The Balaban J connectivity index is 1.26. The quantitative estimate of drug-likeness (QED) is 0.0902. The number of hydrogen-bond acceptors (Lipinski definition) is 7. The van der Waals surface area contributed by atoms with Crippen molar-refractivity contribution in [3.8, 4) is 28.7 Å². The lowest BCUT2D eigenvalue weighted by Gasteiger charge is -2.44. The maximum absolute atomic E-state index is 12.8. The predicted octanol–water partition coefficient (Wildman–Crippen LogP) is 10.3. The highest BCUT2D eigenvalue weighted by atomic mass is 16.5. The standard InChI is InChI=1S/C48H48O7/c1-2-3-16-27-48(50)45-43(54-34-38-23-14-7-15-24-38)29-40(51-31-35-17-8-4-9-18-35)30-44(45)55-46(47(48)49)39-25-26-41(52-32-36-19-10-5-11-20-36)42(28-39)53-33-37-21-12-6-13-22-37/h4-15,17-26,28-30,46-47,49-50H,2-3,16,27,31-34H2,1H3. The molecule has 1 heterocycles. The van der Waals surface area contributed by atoms with Crippen molar-refractivity contribution in [3.63, 3.8) is 0 Å². The third-order valence-corrected chi connectivity index (χ3v) is 9.92. The largest absolute Gasteiger partial charge is 0.489 e. The van der Waals surface area contributed by atoms with Gasteiger partial charge in [0.15, 0.2) is 17.6 Å². The maximum Gasteiger partial charge on any atom is 0.162 e. The van der Waals surface area contributed by atoms with Gasteiger partial charge in [0.2, 0.25) is 0 Å². The fourth-order valence-corrected chi connectivity index (χ4v) is 6.93. The third kappa shape index (κ3) is 9.31. The number of unbranched alkanes of at least 4 members (excludes halogenated alkanes) is 2. The van der Waals surface area contributed by atoms with Crippen LogP contribution in [0.3, 0.4) is 0 Å².